The number of pyridine rings is 1. The van der Waals surface area contributed by atoms with Crippen molar-refractivity contribution in [1.29, 1.82) is 0 Å². The molecule has 0 aliphatic rings. The van der Waals surface area contributed by atoms with E-state index >= 15 is 0 Å². The molecule has 3 heteroatoms. The van der Waals surface area contributed by atoms with E-state index in [1.54, 1.807) is 0 Å². The molecule has 0 unspecified atom stereocenters. The van der Waals surface area contributed by atoms with Crippen LogP contribution in [-0.2, 0) is 6.42 Å². The Labute approximate surface area is 108 Å². The second-order valence-corrected chi connectivity index (χ2v) is 4.42. The van der Waals surface area contributed by atoms with E-state index in [0.29, 0.717) is 0 Å². The number of hydrogen-bond donors (Lipinski definition) is 1. The molecule has 3 nitrogen and oxygen atoms in total. The number of benzene rings is 1. The lowest BCUT2D eigenvalue weighted by atomic mass is 10.1. The van der Waals surface area contributed by atoms with Crippen molar-refractivity contribution in [2.24, 2.45) is 0 Å². The van der Waals surface area contributed by atoms with Gasteiger partial charge in [0.05, 0.1) is 11.4 Å². The van der Waals surface area contributed by atoms with Crippen molar-refractivity contribution in [3.63, 3.8) is 0 Å². The van der Waals surface area contributed by atoms with Crippen molar-refractivity contribution in [1.82, 2.24) is 4.98 Å². The van der Waals surface area contributed by atoms with Crippen molar-refractivity contribution >= 4 is 17.2 Å². The predicted octanol–water partition coefficient (Wildman–Crippen LogP) is 3.30. The smallest absolute Gasteiger partial charge is 0.133 e. The highest BCUT2D eigenvalue weighted by molar-refractivity contribution is 5.61. The third kappa shape index (κ3) is 2.45. The van der Waals surface area contributed by atoms with E-state index in [-0.39, 0.29) is 0 Å². The molecule has 1 heterocycles. The predicted molar refractivity (Wildman–Crippen MR) is 77.3 cm³/mol. The lowest BCUT2D eigenvalue weighted by Gasteiger charge is -2.19. The maximum Gasteiger partial charge on any atom is 0.133 e. The van der Waals surface area contributed by atoms with Crippen molar-refractivity contribution < 1.29 is 0 Å². The van der Waals surface area contributed by atoms with Gasteiger partial charge in [0.1, 0.15) is 5.82 Å². The lowest BCUT2D eigenvalue weighted by Crippen LogP contribution is -2.12. The molecule has 0 saturated carbocycles. The second kappa shape index (κ2) is 5.08. The normalized spacial score (nSPS) is 10.4. The van der Waals surface area contributed by atoms with Crippen LogP contribution in [0.25, 0.3) is 0 Å². The Bertz CT molecular complexity index is 532. The van der Waals surface area contributed by atoms with Gasteiger partial charge in [-0.05, 0) is 43.2 Å². The highest BCUT2D eigenvalue weighted by atomic mass is 15.2. The quantitative estimate of drug-likeness (QED) is 0.896. The van der Waals surface area contributed by atoms with Gasteiger partial charge in [0.15, 0.2) is 0 Å². The molecule has 0 bridgehead atoms. The molecule has 0 spiro atoms. The standard InChI is InChI=1S/C15H19N3/c1-4-12-5-7-13(8-6-12)18(3)15-10-9-14(16)11(2)17-15/h5-10H,4,16H2,1-3H3. The van der Waals surface area contributed by atoms with Crippen LogP contribution >= 0.6 is 0 Å². The highest BCUT2D eigenvalue weighted by Gasteiger charge is 2.06. The fourth-order valence-corrected chi connectivity index (χ4v) is 1.83. The van der Waals surface area contributed by atoms with E-state index in [1.165, 1.54) is 5.56 Å². The van der Waals surface area contributed by atoms with E-state index in [9.17, 15) is 0 Å². The van der Waals surface area contributed by atoms with Gasteiger partial charge < -0.3 is 10.6 Å². The van der Waals surface area contributed by atoms with Crippen LogP contribution in [0.5, 0.6) is 0 Å². The molecule has 1 aromatic carbocycles. The van der Waals surface area contributed by atoms with Crippen molar-refractivity contribution in [3.8, 4) is 0 Å². The van der Waals surface area contributed by atoms with Crippen LogP contribution in [0.1, 0.15) is 18.2 Å². The Hall–Kier alpha value is -2.03. The molecule has 2 aromatic rings. The maximum atomic E-state index is 5.78. The van der Waals surface area contributed by atoms with E-state index in [1.807, 2.05) is 26.1 Å². The number of aromatic nitrogens is 1. The molecular formula is C15H19N3. The summed E-state index contributed by atoms with van der Waals surface area (Å²) in [5.41, 5.74) is 9.85. The number of nitrogens with two attached hydrogens (primary N) is 1. The number of aryl methyl sites for hydroxylation is 2. The molecule has 2 N–H and O–H groups in total. The number of rotatable bonds is 3. The summed E-state index contributed by atoms with van der Waals surface area (Å²) in [5.74, 6) is 0.908. The molecule has 18 heavy (non-hydrogen) atoms. The lowest BCUT2D eigenvalue weighted by molar-refractivity contribution is 1.09. The minimum Gasteiger partial charge on any atom is -0.397 e. The molecule has 1 aromatic heterocycles. The van der Waals surface area contributed by atoms with Gasteiger partial charge >= 0.3 is 0 Å². The molecule has 0 aliphatic carbocycles. The summed E-state index contributed by atoms with van der Waals surface area (Å²) in [6, 6.07) is 12.4. The first kappa shape index (κ1) is 12.4. The SMILES string of the molecule is CCc1ccc(N(C)c2ccc(N)c(C)n2)cc1. The van der Waals surface area contributed by atoms with E-state index in [0.717, 1.165) is 29.3 Å². The summed E-state index contributed by atoms with van der Waals surface area (Å²) < 4.78 is 0. The van der Waals surface area contributed by atoms with Gasteiger partial charge in [-0.1, -0.05) is 19.1 Å². The molecule has 94 valence electrons. The Morgan fingerprint density at radius 3 is 2.33 bits per heavy atom. The average Bonchev–Trinajstić information content (AvgIpc) is 2.41. The molecule has 0 fully saturated rings. The van der Waals surface area contributed by atoms with Crippen LogP contribution in [0.3, 0.4) is 0 Å². The van der Waals surface area contributed by atoms with Crippen LogP contribution in [0.4, 0.5) is 17.2 Å². The van der Waals surface area contributed by atoms with E-state index < -0.39 is 0 Å². The third-order valence-corrected chi connectivity index (χ3v) is 3.19. The van der Waals surface area contributed by atoms with Crippen LogP contribution < -0.4 is 10.6 Å². The molecule has 0 aliphatic heterocycles. The molecule has 2 rings (SSSR count). The average molecular weight is 241 g/mol. The third-order valence-electron chi connectivity index (χ3n) is 3.19. The first-order chi connectivity index (χ1) is 8.61. The maximum absolute atomic E-state index is 5.78. The minimum absolute atomic E-state index is 0.730. The largest absolute Gasteiger partial charge is 0.397 e. The Balaban J connectivity index is 2.28. The van der Waals surface area contributed by atoms with Crippen LogP contribution in [-0.4, -0.2) is 12.0 Å². The fourth-order valence-electron chi connectivity index (χ4n) is 1.83. The number of nitrogens with zero attached hydrogens (tertiary/aromatic N) is 2. The molecule has 0 radical (unpaired) electrons. The molecule has 0 saturated heterocycles. The summed E-state index contributed by atoms with van der Waals surface area (Å²) in [5, 5.41) is 0. The minimum atomic E-state index is 0.730. The first-order valence-corrected chi connectivity index (χ1v) is 6.17. The Kier molecular flexibility index (Phi) is 3.51. The fraction of sp³-hybridized carbons (Fsp3) is 0.267. The molecule has 0 amide bonds. The second-order valence-electron chi connectivity index (χ2n) is 4.42. The Morgan fingerprint density at radius 1 is 1.11 bits per heavy atom. The van der Waals surface area contributed by atoms with Crippen molar-refractivity contribution in [2.75, 3.05) is 17.7 Å². The zero-order valence-corrected chi connectivity index (χ0v) is 11.1. The van der Waals surface area contributed by atoms with Crippen LogP contribution in [0.2, 0.25) is 0 Å². The van der Waals surface area contributed by atoms with Gasteiger partial charge in [0, 0.05) is 12.7 Å². The van der Waals surface area contributed by atoms with Gasteiger partial charge in [0.25, 0.3) is 0 Å². The summed E-state index contributed by atoms with van der Waals surface area (Å²) in [6.07, 6.45) is 1.06. The monoisotopic (exact) mass is 241 g/mol. The van der Waals surface area contributed by atoms with Crippen molar-refractivity contribution in [2.45, 2.75) is 20.3 Å². The Morgan fingerprint density at radius 2 is 1.78 bits per heavy atom. The van der Waals surface area contributed by atoms with Gasteiger partial charge in [-0.2, -0.15) is 0 Å². The van der Waals surface area contributed by atoms with E-state index in [4.69, 9.17) is 5.73 Å². The topological polar surface area (TPSA) is 42.1 Å². The summed E-state index contributed by atoms with van der Waals surface area (Å²) in [6.45, 7) is 4.08. The first-order valence-electron chi connectivity index (χ1n) is 6.17. The molecular weight excluding hydrogens is 222 g/mol. The summed E-state index contributed by atoms with van der Waals surface area (Å²) in [4.78, 5) is 6.55. The zero-order valence-electron chi connectivity index (χ0n) is 11.1. The van der Waals surface area contributed by atoms with E-state index in [2.05, 4.69) is 41.1 Å². The van der Waals surface area contributed by atoms with Crippen LogP contribution in [0, 0.1) is 6.92 Å². The zero-order chi connectivity index (χ0) is 13.1. The molecule has 0 atom stereocenters. The highest BCUT2D eigenvalue weighted by Crippen LogP contribution is 2.23. The number of nitrogen functional groups attached to an aromatic ring is 1. The number of hydrogen-bond acceptors (Lipinski definition) is 3. The number of anilines is 3. The summed E-state index contributed by atoms with van der Waals surface area (Å²) >= 11 is 0. The van der Waals surface area contributed by atoms with Gasteiger partial charge in [-0.15, -0.1) is 0 Å². The van der Waals surface area contributed by atoms with Crippen LogP contribution in [0.15, 0.2) is 36.4 Å². The van der Waals surface area contributed by atoms with Gasteiger partial charge in [-0.3, -0.25) is 0 Å². The van der Waals surface area contributed by atoms with Gasteiger partial charge in [0.2, 0.25) is 0 Å². The summed E-state index contributed by atoms with van der Waals surface area (Å²) in [7, 11) is 2.01. The van der Waals surface area contributed by atoms with Crippen molar-refractivity contribution in [3.05, 3.63) is 47.7 Å². The van der Waals surface area contributed by atoms with Gasteiger partial charge in [-0.25, -0.2) is 4.98 Å².